The number of hydrogen-bond acceptors (Lipinski definition) is 13. The minimum absolute atomic E-state index is 0.119. The van der Waals surface area contributed by atoms with Gasteiger partial charge in [0.15, 0.2) is 18.1 Å². The molecule has 0 rings (SSSR count). The average Bonchev–Trinajstić information content (AvgIpc) is 2.77. The summed E-state index contributed by atoms with van der Waals surface area (Å²) in [5.41, 5.74) is 2.73. The van der Waals surface area contributed by atoms with Crippen molar-refractivity contribution in [1.82, 2.24) is 0 Å². The maximum Gasteiger partial charge on any atom is 0.460 e. The van der Waals surface area contributed by atoms with Crippen molar-refractivity contribution < 1.29 is 60.8 Å². The summed E-state index contributed by atoms with van der Waals surface area (Å²) in [5, 5.41) is 19.9. The molecule has 2 N–H and O–H groups in total. The Labute approximate surface area is 569 Å². The fourth-order valence-corrected chi connectivity index (χ4v) is 17.5. The van der Waals surface area contributed by atoms with E-state index in [9.17, 15) is 10.2 Å². The molecule has 0 saturated carbocycles. The van der Waals surface area contributed by atoms with Crippen molar-refractivity contribution in [1.29, 1.82) is 0 Å². The molecule has 18 heteroatoms. The third kappa shape index (κ3) is 73.9. The van der Waals surface area contributed by atoms with Crippen LogP contribution in [0.2, 0.25) is 71.0 Å². The second-order valence-corrected chi connectivity index (χ2v) is 45.8. The van der Waals surface area contributed by atoms with Crippen LogP contribution in [0.1, 0.15) is 244 Å². The Balaban J connectivity index is -0.000000397. The Morgan fingerprint density at radius 3 is 1.24 bits per heavy atom. The molecule has 0 fully saturated rings. The van der Waals surface area contributed by atoms with Crippen molar-refractivity contribution in [2.24, 2.45) is 22.7 Å². The predicted molar refractivity (Wildman–Crippen MR) is 404 cm³/mol. The zero-order valence-electron chi connectivity index (χ0n) is 64.5. The van der Waals surface area contributed by atoms with E-state index in [0.717, 1.165) is 194 Å². The quantitative estimate of drug-likeness (QED) is 0.0441. The van der Waals surface area contributed by atoms with Gasteiger partial charge in [-0.15, -0.1) is 0 Å². The highest BCUT2D eigenvalue weighted by atomic mass is 28.4. The van der Waals surface area contributed by atoms with Crippen LogP contribution in [0.5, 0.6) is 0 Å². The van der Waals surface area contributed by atoms with E-state index in [1.54, 1.807) is 0 Å². The van der Waals surface area contributed by atoms with E-state index < -0.39 is 33.6 Å². The van der Waals surface area contributed by atoms with Crippen molar-refractivity contribution in [3.8, 4) is 0 Å². The molecule has 0 spiro atoms. The lowest BCUT2D eigenvalue weighted by atomic mass is 9.82. The van der Waals surface area contributed by atoms with Gasteiger partial charge in [0, 0.05) is 105 Å². The highest BCUT2D eigenvalue weighted by Crippen LogP contribution is 2.36. The lowest BCUT2D eigenvalue weighted by Gasteiger charge is -2.35. The lowest BCUT2D eigenvalue weighted by Crippen LogP contribution is -2.36. The lowest BCUT2D eigenvalue weighted by molar-refractivity contribution is -0.0541. The fourth-order valence-electron chi connectivity index (χ4n) is 9.29. The molecule has 0 aromatic heterocycles. The Hall–Kier alpha value is 0.114. The molecule has 0 saturated heterocycles. The third-order valence-electron chi connectivity index (χ3n) is 15.4. The molecule has 0 aliphatic heterocycles. The van der Waals surface area contributed by atoms with E-state index in [4.69, 9.17) is 50.6 Å². The number of rotatable bonds is 60. The Morgan fingerprint density at radius 2 is 0.856 bits per heavy atom. The molecule has 0 radical (unpaired) electrons. The summed E-state index contributed by atoms with van der Waals surface area (Å²) in [6.45, 7) is 63.3. The van der Waals surface area contributed by atoms with Gasteiger partial charge in [-0.2, -0.15) is 0 Å². The first kappa shape index (κ1) is 98.8. The monoisotopic (exact) mass is 1380 g/mol. The van der Waals surface area contributed by atoms with Gasteiger partial charge in [0.05, 0.1) is 39.6 Å². The number of aliphatic hydroxyl groups is 2. The van der Waals surface area contributed by atoms with Gasteiger partial charge in [0.2, 0.25) is 8.32 Å². The smallest absolute Gasteiger partial charge is 0.460 e. The van der Waals surface area contributed by atoms with E-state index in [2.05, 4.69) is 140 Å². The first-order chi connectivity index (χ1) is 42.8. The molecular formula is C72H162O13Si5. The topological polar surface area (TPSA) is 142 Å². The van der Waals surface area contributed by atoms with E-state index in [-0.39, 0.29) is 33.8 Å². The average molecular weight is 1380 g/mol. The zero-order chi connectivity index (χ0) is 69.1. The van der Waals surface area contributed by atoms with Gasteiger partial charge in [0.1, 0.15) is 0 Å². The normalized spacial score (nSPS) is 14.1. The number of hydrogen-bond donors (Lipinski definition) is 2. The first-order valence-corrected chi connectivity index (χ1v) is 51.1. The van der Waals surface area contributed by atoms with E-state index in [0.29, 0.717) is 31.7 Å². The van der Waals surface area contributed by atoms with Gasteiger partial charge in [0.25, 0.3) is 0 Å². The van der Waals surface area contributed by atoms with Crippen LogP contribution in [0.4, 0.5) is 0 Å². The zero-order valence-corrected chi connectivity index (χ0v) is 69.9. The van der Waals surface area contributed by atoms with Crippen LogP contribution in [0.3, 0.4) is 0 Å². The van der Waals surface area contributed by atoms with Crippen LogP contribution in [0.25, 0.3) is 0 Å². The molecule has 90 heavy (non-hydrogen) atoms. The molecule has 0 aliphatic carbocycles. The number of aliphatic hydroxyl groups excluding tert-OH is 2. The number of ether oxygens (including phenoxy) is 7. The Morgan fingerprint density at radius 1 is 0.444 bits per heavy atom. The third-order valence-corrected chi connectivity index (χ3v) is 24.6. The fraction of sp³-hybridized carbons (Fsp3) is 0.986. The summed E-state index contributed by atoms with van der Waals surface area (Å²) >= 11 is 0. The standard InChI is InChI=1S/C28H64O5Si3.C24H52O5Si2.2C7H16O.C6H14O/c1-10-28(23-29,25-31-20-16-13-17-21-32-34-3)24-30-19-15-12-11-14-18-27(35(4,5)6)26(2)22-33-36(7,8)9;1-8-24(21-25,16-14-18-26-9-2)22-27-17-12-10-11-13-19-28-30(20-15-23(3)4)29-31(5,6)7;2*1-3-5-7-8-6-4-2;1-3-5-6-7-4-2/h26-27,29H,10-25,34H2,1-9H3;20,23,25H,8-19,21-22H2,1-7H3;2*3-7H2,1-2H3;3-6H2,1-2H3. The SMILES string of the molecule is CCC(CO)(COCCCCCCC(C(C)CO[Si](C)(C)C)[Si](C)(C)C)COCCCCCO[SiH2]C.CCCCOCC.CCCCOCCC.CCCCOCCC.CCOCCCC(CC)(CO)COCCCCCCO[Si](=CCC(C)C)O[Si](C)(C)C. The molecule has 0 amide bonds. The summed E-state index contributed by atoms with van der Waals surface area (Å²) in [7, 11) is -5.74. The second-order valence-electron chi connectivity index (χ2n) is 28.4. The minimum Gasteiger partial charge on any atom is -0.579 e. The van der Waals surface area contributed by atoms with Crippen LogP contribution >= 0.6 is 0 Å². The maximum atomic E-state index is 10.0. The highest BCUT2D eigenvalue weighted by molar-refractivity contribution is 6.78. The van der Waals surface area contributed by atoms with Gasteiger partial charge in [-0.25, -0.2) is 0 Å². The molecular weight excluding hydrogens is 1210 g/mol. The predicted octanol–water partition coefficient (Wildman–Crippen LogP) is 18.7. The molecule has 0 aromatic rings. The molecule has 13 nitrogen and oxygen atoms in total. The van der Waals surface area contributed by atoms with Gasteiger partial charge < -0.3 is 60.8 Å². The maximum absolute atomic E-state index is 10.0. The van der Waals surface area contributed by atoms with Crippen molar-refractivity contribution in [3.05, 3.63) is 0 Å². The van der Waals surface area contributed by atoms with Crippen LogP contribution in [-0.4, -0.2) is 185 Å². The van der Waals surface area contributed by atoms with E-state index in [1.165, 1.54) is 64.2 Å². The summed E-state index contributed by atoms with van der Waals surface area (Å²) in [6, 6.07) is 0. The van der Waals surface area contributed by atoms with Crippen LogP contribution < -0.4 is 0 Å². The van der Waals surface area contributed by atoms with Crippen LogP contribution in [0.15, 0.2) is 0 Å². The molecule has 4 unspecified atom stereocenters. The number of unbranched alkanes of at least 4 members (excludes halogenated alkanes) is 11. The van der Waals surface area contributed by atoms with Crippen molar-refractivity contribution >= 4 is 49.0 Å². The molecule has 0 aliphatic rings. The second kappa shape index (κ2) is 70.4. The highest BCUT2D eigenvalue weighted by Gasteiger charge is 2.32. The molecule has 0 aromatic carbocycles. The first-order valence-electron chi connectivity index (χ1n) is 37.3. The minimum atomic E-state index is -1.57. The van der Waals surface area contributed by atoms with Gasteiger partial charge in [-0.1, -0.05) is 153 Å². The van der Waals surface area contributed by atoms with Gasteiger partial charge in [-0.3, -0.25) is 0 Å². The summed E-state index contributed by atoms with van der Waals surface area (Å²) in [6.07, 6.45) is 28.4. The van der Waals surface area contributed by atoms with Crippen molar-refractivity contribution in [2.45, 2.75) is 315 Å². The van der Waals surface area contributed by atoms with Crippen LogP contribution in [-0.2, 0) is 50.6 Å². The largest absolute Gasteiger partial charge is 0.579 e. The van der Waals surface area contributed by atoms with Crippen molar-refractivity contribution in [3.63, 3.8) is 0 Å². The van der Waals surface area contributed by atoms with Crippen LogP contribution in [0, 0.1) is 22.7 Å². The Bertz CT molecular complexity index is 1380. The van der Waals surface area contributed by atoms with Gasteiger partial charge >= 0.3 is 8.90 Å². The Kier molecular flexibility index (Phi) is 77.3. The molecule has 4 atom stereocenters. The van der Waals surface area contributed by atoms with E-state index >= 15 is 0 Å². The van der Waals surface area contributed by atoms with Crippen molar-refractivity contribution in [2.75, 3.05) is 126 Å². The summed E-state index contributed by atoms with van der Waals surface area (Å²) < 4.78 is 63.0. The van der Waals surface area contributed by atoms with Gasteiger partial charge in [-0.05, 0) is 179 Å². The molecule has 0 heterocycles. The summed E-state index contributed by atoms with van der Waals surface area (Å²) in [5.74, 6) is 1.31. The van der Waals surface area contributed by atoms with E-state index in [1.807, 2.05) is 13.8 Å². The molecule has 548 valence electrons. The molecule has 0 bridgehead atoms. The summed E-state index contributed by atoms with van der Waals surface area (Å²) in [4.78, 5) is 0.